The summed E-state index contributed by atoms with van der Waals surface area (Å²) in [7, 11) is 4.19. The van der Waals surface area contributed by atoms with Crippen molar-refractivity contribution >= 4 is 5.71 Å². The minimum Gasteiger partial charge on any atom is -0.309 e. The van der Waals surface area contributed by atoms with Gasteiger partial charge in [-0.1, -0.05) is 6.92 Å². The van der Waals surface area contributed by atoms with Gasteiger partial charge in [-0.05, 0) is 33.9 Å². The van der Waals surface area contributed by atoms with E-state index in [1.54, 1.807) is 0 Å². The van der Waals surface area contributed by atoms with E-state index in [1.165, 1.54) is 5.71 Å². The summed E-state index contributed by atoms with van der Waals surface area (Å²) in [6.45, 7) is 6.30. The Hall–Kier alpha value is -0.370. The summed E-state index contributed by atoms with van der Waals surface area (Å²) in [6, 6.07) is 0. The molecular formula is C9H20N2. The highest BCUT2D eigenvalue weighted by molar-refractivity contribution is 5.84. The van der Waals surface area contributed by atoms with E-state index >= 15 is 0 Å². The van der Waals surface area contributed by atoms with Gasteiger partial charge in [0.15, 0.2) is 0 Å². The van der Waals surface area contributed by atoms with Crippen molar-refractivity contribution < 1.29 is 0 Å². The molecule has 0 rings (SSSR count). The Balaban J connectivity index is 3.61. The van der Waals surface area contributed by atoms with Crippen LogP contribution >= 0.6 is 0 Å². The third kappa shape index (κ3) is 6.05. The summed E-state index contributed by atoms with van der Waals surface area (Å²) < 4.78 is 0. The molecule has 0 radical (unpaired) electrons. The lowest BCUT2D eigenvalue weighted by Crippen LogP contribution is -2.16. The van der Waals surface area contributed by atoms with E-state index < -0.39 is 0 Å². The third-order valence-corrected chi connectivity index (χ3v) is 1.64. The zero-order valence-corrected chi connectivity index (χ0v) is 8.22. The first-order valence-corrected chi connectivity index (χ1v) is 4.37. The highest BCUT2D eigenvalue weighted by atomic mass is 15.0. The van der Waals surface area contributed by atoms with Crippen LogP contribution < -0.4 is 0 Å². The van der Waals surface area contributed by atoms with E-state index in [4.69, 9.17) is 0 Å². The quantitative estimate of drug-likeness (QED) is 0.554. The van der Waals surface area contributed by atoms with Crippen molar-refractivity contribution in [2.45, 2.75) is 26.7 Å². The SMILES string of the molecule is CC/N=C(\CC)CCN(C)C. The minimum absolute atomic E-state index is 0.927. The molecule has 0 aromatic heterocycles. The van der Waals surface area contributed by atoms with Crippen molar-refractivity contribution in [3.05, 3.63) is 0 Å². The average molecular weight is 156 g/mol. The Morgan fingerprint density at radius 1 is 1.27 bits per heavy atom. The number of hydrogen-bond donors (Lipinski definition) is 0. The summed E-state index contributed by atoms with van der Waals surface area (Å²) in [5.41, 5.74) is 1.35. The summed E-state index contributed by atoms with van der Waals surface area (Å²) in [5.74, 6) is 0. The molecule has 0 saturated heterocycles. The van der Waals surface area contributed by atoms with Crippen molar-refractivity contribution in [3.63, 3.8) is 0 Å². The molecule has 0 fully saturated rings. The zero-order chi connectivity index (χ0) is 8.69. The molecule has 0 aliphatic carbocycles. The largest absolute Gasteiger partial charge is 0.309 e. The molecule has 0 bridgehead atoms. The fraction of sp³-hybridized carbons (Fsp3) is 0.889. The van der Waals surface area contributed by atoms with E-state index in [0.29, 0.717) is 0 Å². The molecule has 0 spiro atoms. The van der Waals surface area contributed by atoms with Crippen LogP contribution in [-0.4, -0.2) is 37.8 Å². The standard InChI is InChI=1S/C9H20N2/c1-5-9(10-6-2)7-8-11(3)4/h5-8H2,1-4H3/b10-9+. The van der Waals surface area contributed by atoms with E-state index in [2.05, 4.69) is 37.8 Å². The lowest BCUT2D eigenvalue weighted by molar-refractivity contribution is 0.421. The van der Waals surface area contributed by atoms with Crippen molar-refractivity contribution in [1.82, 2.24) is 4.90 Å². The average Bonchev–Trinajstić information content (AvgIpc) is 1.97. The van der Waals surface area contributed by atoms with Gasteiger partial charge in [0.2, 0.25) is 0 Å². The van der Waals surface area contributed by atoms with Crippen molar-refractivity contribution in [3.8, 4) is 0 Å². The second-order valence-electron chi connectivity index (χ2n) is 2.95. The van der Waals surface area contributed by atoms with Crippen LogP contribution in [0.25, 0.3) is 0 Å². The highest BCUT2D eigenvalue weighted by Crippen LogP contribution is 1.94. The van der Waals surface area contributed by atoms with Gasteiger partial charge in [0.25, 0.3) is 0 Å². The molecule has 0 aromatic carbocycles. The van der Waals surface area contributed by atoms with Crippen LogP contribution in [0.4, 0.5) is 0 Å². The number of rotatable bonds is 5. The maximum Gasteiger partial charge on any atom is 0.0360 e. The Labute approximate surface area is 70.3 Å². The number of nitrogens with zero attached hydrogens (tertiary/aromatic N) is 2. The molecule has 0 aliphatic rings. The molecule has 0 N–H and O–H groups in total. The fourth-order valence-electron chi connectivity index (χ4n) is 0.944. The highest BCUT2D eigenvalue weighted by Gasteiger charge is 1.96. The van der Waals surface area contributed by atoms with Gasteiger partial charge >= 0.3 is 0 Å². The first-order chi connectivity index (χ1) is 5.20. The Bertz CT molecular complexity index is 117. The maximum atomic E-state index is 4.40. The molecular weight excluding hydrogens is 136 g/mol. The van der Waals surface area contributed by atoms with Crippen LogP contribution in [0.1, 0.15) is 26.7 Å². The predicted octanol–water partition coefficient (Wildman–Crippen LogP) is 1.81. The van der Waals surface area contributed by atoms with Gasteiger partial charge in [-0.2, -0.15) is 0 Å². The monoisotopic (exact) mass is 156 g/mol. The van der Waals surface area contributed by atoms with Gasteiger partial charge in [0.05, 0.1) is 0 Å². The van der Waals surface area contributed by atoms with Gasteiger partial charge in [0, 0.05) is 18.8 Å². The minimum atomic E-state index is 0.927. The molecule has 0 atom stereocenters. The molecule has 0 heterocycles. The van der Waals surface area contributed by atoms with Crippen LogP contribution in [0.3, 0.4) is 0 Å². The van der Waals surface area contributed by atoms with Crippen LogP contribution in [0.2, 0.25) is 0 Å². The van der Waals surface area contributed by atoms with Gasteiger partial charge < -0.3 is 4.90 Å². The summed E-state index contributed by atoms with van der Waals surface area (Å²) in [5, 5.41) is 0. The molecule has 2 heteroatoms. The van der Waals surface area contributed by atoms with Crippen LogP contribution in [0, 0.1) is 0 Å². The molecule has 0 unspecified atom stereocenters. The topological polar surface area (TPSA) is 15.6 Å². The smallest absolute Gasteiger partial charge is 0.0360 e. The molecule has 11 heavy (non-hydrogen) atoms. The van der Waals surface area contributed by atoms with Gasteiger partial charge in [0.1, 0.15) is 0 Å². The molecule has 0 saturated carbocycles. The van der Waals surface area contributed by atoms with Crippen molar-refractivity contribution in [1.29, 1.82) is 0 Å². The number of hydrogen-bond acceptors (Lipinski definition) is 2. The van der Waals surface area contributed by atoms with E-state index in [9.17, 15) is 0 Å². The molecule has 0 aromatic rings. The number of aliphatic imine (C=N–C) groups is 1. The van der Waals surface area contributed by atoms with Crippen molar-refractivity contribution in [2.75, 3.05) is 27.2 Å². The Morgan fingerprint density at radius 2 is 1.91 bits per heavy atom. The first-order valence-electron chi connectivity index (χ1n) is 4.37. The van der Waals surface area contributed by atoms with Crippen LogP contribution in [0.15, 0.2) is 4.99 Å². The third-order valence-electron chi connectivity index (χ3n) is 1.64. The lowest BCUT2D eigenvalue weighted by Gasteiger charge is -2.09. The normalized spacial score (nSPS) is 12.6. The zero-order valence-electron chi connectivity index (χ0n) is 8.22. The second kappa shape index (κ2) is 6.35. The van der Waals surface area contributed by atoms with Gasteiger partial charge in [-0.3, -0.25) is 4.99 Å². The van der Waals surface area contributed by atoms with E-state index in [0.717, 1.165) is 25.9 Å². The predicted molar refractivity (Wildman–Crippen MR) is 51.4 cm³/mol. The molecule has 2 nitrogen and oxygen atoms in total. The fourth-order valence-corrected chi connectivity index (χ4v) is 0.944. The Kier molecular flexibility index (Phi) is 6.13. The van der Waals surface area contributed by atoms with Gasteiger partial charge in [-0.25, -0.2) is 0 Å². The van der Waals surface area contributed by atoms with Crippen LogP contribution in [0.5, 0.6) is 0 Å². The maximum absolute atomic E-state index is 4.40. The van der Waals surface area contributed by atoms with E-state index in [1.807, 2.05) is 0 Å². The summed E-state index contributed by atoms with van der Waals surface area (Å²) in [4.78, 5) is 6.60. The Morgan fingerprint density at radius 3 is 2.27 bits per heavy atom. The summed E-state index contributed by atoms with van der Waals surface area (Å²) >= 11 is 0. The second-order valence-corrected chi connectivity index (χ2v) is 2.95. The van der Waals surface area contributed by atoms with Crippen molar-refractivity contribution in [2.24, 2.45) is 4.99 Å². The lowest BCUT2D eigenvalue weighted by atomic mass is 10.2. The molecule has 0 aliphatic heterocycles. The van der Waals surface area contributed by atoms with Gasteiger partial charge in [-0.15, -0.1) is 0 Å². The molecule has 66 valence electrons. The van der Waals surface area contributed by atoms with Crippen LogP contribution in [-0.2, 0) is 0 Å². The van der Waals surface area contributed by atoms with E-state index in [-0.39, 0.29) is 0 Å². The molecule has 0 amide bonds. The summed E-state index contributed by atoms with van der Waals surface area (Å²) in [6.07, 6.45) is 2.22. The first kappa shape index (κ1) is 10.6.